The number of hydrogen-bond acceptors (Lipinski definition) is 5. The van der Waals surface area contributed by atoms with Gasteiger partial charge in [-0.05, 0) is 26.0 Å². The predicted molar refractivity (Wildman–Crippen MR) is 79.2 cm³/mol. The van der Waals surface area contributed by atoms with Gasteiger partial charge < -0.3 is 15.1 Å². The van der Waals surface area contributed by atoms with Crippen molar-refractivity contribution in [2.75, 3.05) is 23.8 Å². The molecule has 0 aliphatic carbocycles. The summed E-state index contributed by atoms with van der Waals surface area (Å²) in [5.74, 6) is 1.22. The van der Waals surface area contributed by atoms with E-state index in [4.69, 9.17) is 4.42 Å². The summed E-state index contributed by atoms with van der Waals surface area (Å²) in [6.07, 6.45) is 3.30. The highest BCUT2D eigenvalue weighted by Gasteiger charge is 2.36. The molecule has 2 N–H and O–H groups in total. The van der Waals surface area contributed by atoms with Crippen molar-refractivity contribution in [3.05, 3.63) is 24.5 Å². The summed E-state index contributed by atoms with van der Waals surface area (Å²) in [4.78, 5) is 22.0. The number of nitrogens with one attached hydrogen (secondary N) is 2. The van der Waals surface area contributed by atoms with Gasteiger partial charge in [0.15, 0.2) is 5.76 Å². The van der Waals surface area contributed by atoms with Crippen LogP contribution in [0, 0.1) is 0 Å². The lowest BCUT2D eigenvalue weighted by Crippen LogP contribution is -2.36. The maximum Gasteiger partial charge on any atom is 0.323 e. The first-order valence-electron chi connectivity index (χ1n) is 6.68. The van der Waals surface area contributed by atoms with Crippen molar-refractivity contribution in [1.82, 2.24) is 15.3 Å². The van der Waals surface area contributed by atoms with Crippen LogP contribution in [-0.2, 0) is 0 Å². The van der Waals surface area contributed by atoms with Crippen molar-refractivity contribution in [2.45, 2.75) is 19.4 Å². The van der Waals surface area contributed by atoms with Crippen LogP contribution in [0.4, 0.5) is 16.6 Å². The van der Waals surface area contributed by atoms with Gasteiger partial charge in [0.05, 0.1) is 18.3 Å². The maximum atomic E-state index is 12.0. The lowest BCUT2D eigenvalue weighted by Gasteiger charge is -2.17. The largest absolute Gasteiger partial charge is 0.424 e. The summed E-state index contributed by atoms with van der Waals surface area (Å²) in [7, 11) is 1.74. The van der Waals surface area contributed by atoms with Crippen LogP contribution in [0.1, 0.15) is 13.8 Å². The Morgan fingerprint density at radius 1 is 1.43 bits per heavy atom. The molecule has 7 heteroatoms. The molecule has 3 rings (SSSR count). The molecule has 2 aromatic rings. The summed E-state index contributed by atoms with van der Waals surface area (Å²) < 4.78 is 5.54. The van der Waals surface area contributed by atoms with E-state index in [9.17, 15) is 4.79 Å². The molecule has 0 radical (unpaired) electrons. The van der Waals surface area contributed by atoms with E-state index < -0.39 is 0 Å². The van der Waals surface area contributed by atoms with E-state index >= 15 is 0 Å². The molecular formula is C14H17N5O2. The topological polar surface area (TPSA) is 83.3 Å². The Kier molecular flexibility index (Phi) is 3.04. The van der Waals surface area contributed by atoms with Gasteiger partial charge in [-0.1, -0.05) is 0 Å². The molecule has 1 aliphatic rings. The van der Waals surface area contributed by atoms with Gasteiger partial charge in [-0.3, -0.25) is 4.90 Å². The third-order valence-electron chi connectivity index (χ3n) is 3.27. The van der Waals surface area contributed by atoms with Gasteiger partial charge in [-0.25, -0.2) is 14.8 Å². The van der Waals surface area contributed by atoms with Crippen LogP contribution in [0.2, 0.25) is 0 Å². The van der Waals surface area contributed by atoms with Gasteiger partial charge in [0.25, 0.3) is 6.01 Å². The van der Waals surface area contributed by atoms with Crippen LogP contribution >= 0.6 is 0 Å². The molecule has 0 atom stereocenters. The average molecular weight is 287 g/mol. The number of pyridine rings is 1. The Labute approximate surface area is 122 Å². The zero-order valence-electron chi connectivity index (χ0n) is 12.2. The Balaban J connectivity index is 1.92. The smallest absolute Gasteiger partial charge is 0.323 e. The van der Waals surface area contributed by atoms with Crippen molar-refractivity contribution >= 4 is 17.9 Å². The summed E-state index contributed by atoms with van der Waals surface area (Å²) in [5, 5.41) is 5.75. The number of urea groups is 1. The third-order valence-corrected chi connectivity index (χ3v) is 3.27. The number of nitrogens with zero attached hydrogens (tertiary/aromatic N) is 3. The number of hydrogen-bond donors (Lipinski definition) is 2. The van der Waals surface area contributed by atoms with Crippen molar-refractivity contribution < 1.29 is 9.21 Å². The van der Waals surface area contributed by atoms with Crippen LogP contribution in [0.3, 0.4) is 0 Å². The number of rotatable bonds is 3. The molecule has 0 bridgehead atoms. The van der Waals surface area contributed by atoms with Crippen LogP contribution < -0.4 is 15.5 Å². The maximum absolute atomic E-state index is 12.0. The summed E-state index contributed by atoms with van der Waals surface area (Å²) >= 11 is 0. The molecule has 2 amide bonds. The first kappa shape index (κ1) is 13.4. The fourth-order valence-corrected chi connectivity index (χ4v) is 2.29. The van der Waals surface area contributed by atoms with Crippen molar-refractivity contribution in [3.63, 3.8) is 0 Å². The molecule has 1 saturated heterocycles. The molecule has 7 nitrogen and oxygen atoms in total. The van der Waals surface area contributed by atoms with E-state index in [1.807, 2.05) is 26.0 Å². The number of carbonyl (C=O) groups excluding carboxylic acids is 1. The van der Waals surface area contributed by atoms with Gasteiger partial charge in [0.1, 0.15) is 5.82 Å². The van der Waals surface area contributed by atoms with E-state index in [1.54, 1.807) is 24.3 Å². The number of aromatic nitrogens is 2. The number of amides is 2. The van der Waals surface area contributed by atoms with Crippen LogP contribution in [-0.4, -0.2) is 35.1 Å². The first-order chi connectivity index (χ1) is 9.98. The molecule has 1 fully saturated rings. The van der Waals surface area contributed by atoms with Gasteiger partial charge in [-0.15, -0.1) is 0 Å². The standard InChI is InChI=1S/C14H17N5O2/c1-14(2)8-19(13(20)18-14)11-6-9(4-5-16-11)10-7-17-12(15-3)21-10/h4-7H,8H2,1-3H3,(H,15,17)(H,18,20). The van der Waals surface area contributed by atoms with Crippen LogP contribution in [0.5, 0.6) is 0 Å². The summed E-state index contributed by atoms with van der Waals surface area (Å²) in [5.41, 5.74) is 0.562. The lowest BCUT2D eigenvalue weighted by molar-refractivity contribution is 0.248. The van der Waals surface area contributed by atoms with Gasteiger partial charge >= 0.3 is 6.03 Å². The lowest BCUT2D eigenvalue weighted by atomic mass is 10.1. The number of carbonyl (C=O) groups is 1. The molecule has 2 aromatic heterocycles. The second-order valence-electron chi connectivity index (χ2n) is 5.58. The van der Waals surface area contributed by atoms with Gasteiger partial charge in [0.2, 0.25) is 0 Å². The zero-order valence-corrected chi connectivity index (χ0v) is 12.2. The highest BCUT2D eigenvalue weighted by molar-refractivity contribution is 5.94. The van der Waals surface area contributed by atoms with Crippen molar-refractivity contribution in [3.8, 4) is 11.3 Å². The van der Waals surface area contributed by atoms with Crippen molar-refractivity contribution in [2.24, 2.45) is 0 Å². The molecule has 0 spiro atoms. The normalized spacial score (nSPS) is 16.9. The van der Waals surface area contributed by atoms with Gasteiger partial charge in [0, 0.05) is 18.8 Å². The Hall–Kier alpha value is -2.57. The number of anilines is 2. The van der Waals surface area contributed by atoms with E-state index in [1.165, 1.54) is 0 Å². The minimum Gasteiger partial charge on any atom is -0.424 e. The third kappa shape index (κ3) is 2.54. The van der Waals surface area contributed by atoms with E-state index in [2.05, 4.69) is 20.6 Å². The van der Waals surface area contributed by atoms with Crippen LogP contribution in [0.25, 0.3) is 11.3 Å². The molecular weight excluding hydrogens is 270 g/mol. The molecule has 0 aromatic carbocycles. The minimum atomic E-state index is -0.264. The predicted octanol–water partition coefficient (Wildman–Crippen LogP) is 2.09. The van der Waals surface area contributed by atoms with Crippen molar-refractivity contribution in [1.29, 1.82) is 0 Å². The van der Waals surface area contributed by atoms with E-state index in [-0.39, 0.29) is 11.6 Å². The first-order valence-corrected chi connectivity index (χ1v) is 6.68. The number of oxazole rings is 1. The SMILES string of the molecule is CNc1ncc(-c2ccnc(N3CC(C)(C)NC3=O)c2)o1. The molecule has 1 aliphatic heterocycles. The fourth-order valence-electron chi connectivity index (χ4n) is 2.29. The van der Waals surface area contributed by atoms with Gasteiger partial charge in [-0.2, -0.15) is 0 Å². The van der Waals surface area contributed by atoms with E-state index in [0.29, 0.717) is 24.1 Å². The molecule has 0 unspecified atom stereocenters. The summed E-state index contributed by atoms with van der Waals surface area (Å²) in [6.45, 7) is 4.52. The summed E-state index contributed by atoms with van der Waals surface area (Å²) in [6, 6.07) is 3.95. The quantitative estimate of drug-likeness (QED) is 0.903. The zero-order chi connectivity index (χ0) is 15.0. The molecule has 0 saturated carbocycles. The molecule has 3 heterocycles. The highest BCUT2D eigenvalue weighted by Crippen LogP contribution is 2.27. The second kappa shape index (κ2) is 4.76. The van der Waals surface area contributed by atoms with Crippen LogP contribution in [0.15, 0.2) is 28.9 Å². The monoisotopic (exact) mass is 287 g/mol. The average Bonchev–Trinajstić information content (AvgIpc) is 3.03. The Morgan fingerprint density at radius 3 is 2.86 bits per heavy atom. The second-order valence-corrected chi connectivity index (χ2v) is 5.58. The fraction of sp³-hybridized carbons (Fsp3) is 0.357. The Bertz CT molecular complexity index is 680. The van der Waals surface area contributed by atoms with E-state index in [0.717, 1.165) is 5.56 Å². The minimum absolute atomic E-state index is 0.141. The highest BCUT2D eigenvalue weighted by atomic mass is 16.4. The molecule has 110 valence electrons. The molecule has 21 heavy (non-hydrogen) atoms. The Morgan fingerprint density at radius 2 is 2.24 bits per heavy atom.